The fourth-order valence-corrected chi connectivity index (χ4v) is 3.19. The summed E-state index contributed by atoms with van der Waals surface area (Å²) in [4.78, 5) is 0. The van der Waals surface area contributed by atoms with Gasteiger partial charge in [-0.05, 0) is 42.8 Å². The monoisotopic (exact) mass is 392 g/mol. The summed E-state index contributed by atoms with van der Waals surface area (Å²) in [5, 5.41) is 0.723. The first-order valence-electron chi connectivity index (χ1n) is 6.04. The Morgan fingerprint density at radius 3 is 2.50 bits per heavy atom. The van der Waals surface area contributed by atoms with Crippen molar-refractivity contribution in [1.82, 2.24) is 0 Å². The van der Waals surface area contributed by atoms with Crippen molar-refractivity contribution in [3.63, 3.8) is 0 Å². The molecule has 0 saturated carbocycles. The molecule has 0 heterocycles. The predicted molar refractivity (Wildman–Crippen MR) is 89.5 cm³/mol. The molecule has 0 amide bonds. The first-order chi connectivity index (χ1) is 9.52. The summed E-state index contributed by atoms with van der Waals surface area (Å²) in [5.74, 6) is 0.752. The maximum Gasteiger partial charge on any atom is 0.124 e. The van der Waals surface area contributed by atoms with E-state index in [0.717, 1.165) is 21.3 Å². The molecule has 1 unspecified atom stereocenters. The molecule has 2 aromatic carbocycles. The summed E-state index contributed by atoms with van der Waals surface area (Å²) in [6, 6.07) is 11.0. The molecule has 2 rings (SSSR count). The summed E-state index contributed by atoms with van der Waals surface area (Å²) in [6.07, 6.45) is 0. The topological polar surface area (TPSA) is 9.23 Å². The van der Waals surface area contributed by atoms with Gasteiger partial charge in [0.05, 0.1) is 12.0 Å². The Morgan fingerprint density at radius 1 is 1.10 bits per heavy atom. The molecular formula is C15H12BrCl3O. The van der Waals surface area contributed by atoms with Gasteiger partial charge in [0, 0.05) is 20.1 Å². The SMILES string of the molecule is CCOc1ccc(Br)cc1C(Cl)c1ccc(Cl)cc1Cl. The molecule has 1 nitrogen and oxygen atoms in total. The zero-order chi connectivity index (χ0) is 14.7. The second kappa shape index (κ2) is 7.04. The molecule has 0 spiro atoms. The van der Waals surface area contributed by atoms with Gasteiger partial charge in [0.25, 0.3) is 0 Å². The van der Waals surface area contributed by atoms with E-state index < -0.39 is 5.38 Å². The molecule has 0 saturated heterocycles. The maximum atomic E-state index is 6.57. The van der Waals surface area contributed by atoms with Crippen LogP contribution in [-0.4, -0.2) is 6.61 Å². The van der Waals surface area contributed by atoms with Crippen molar-refractivity contribution in [1.29, 1.82) is 0 Å². The van der Waals surface area contributed by atoms with Gasteiger partial charge in [-0.15, -0.1) is 11.6 Å². The highest BCUT2D eigenvalue weighted by Crippen LogP contribution is 2.40. The summed E-state index contributed by atoms with van der Waals surface area (Å²) >= 11 is 22.2. The number of hydrogen-bond donors (Lipinski definition) is 0. The molecule has 2 aromatic rings. The molecule has 0 aliphatic carbocycles. The molecule has 0 aliphatic rings. The highest BCUT2D eigenvalue weighted by atomic mass is 79.9. The lowest BCUT2D eigenvalue weighted by molar-refractivity contribution is 0.337. The number of alkyl halides is 1. The van der Waals surface area contributed by atoms with Crippen LogP contribution in [0.3, 0.4) is 0 Å². The van der Waals surface area contributed by atoms with E-state index in [4.69, 9.17) is 39.5 Å². The van der Waals surface area contributed by atoms with Gasteiger partial charge in [-0.3, -0.25) is 0 Å². The van der Waals surface area contributed by atoms with E-state index in [1.807, 2.05) is 31.2 Å². The summed E-state index contributed by atoms with van der Waals surface area (Å²) in [7, 11) is 0. The molecule has 0 radical (unpaired) electrons. The quantitative estimate of drug-likeness (QED) is 0.539. The first kappa shape index (κ1) is 16.0. The van der Waals surface area contributed by atoms with E-state index in [0.29, 0.717) is 16.7 Å². The van der Waals surface area contributed by atoms with Gasteiger partial charge in [-0.1, -0.05) is 45.2 Å². The van der Waals surface area contributed by atoms with Gasteiger partial charge in [-0.25, -0.2) is 0 Å². The van der Waals surface area contributed by atoms with Crippen LogP contribution in [0.25, 0.3) is 0 Å². The minimum Gasteiger partial charge on any atom is -0.494 e. The van der Waals surface area contributed by atoms with Crippen LogP contribution < -0.4 is 4.74 Å². The lowest BCUT2D eigenvalue weighted by Crippen LogP contribution is -2.01. The van der Waals surface area contributed by atoms with Crippen molar-refractivity contribution in [3.8, 4) is 5.75 Å². The lowest BCUT2D eigenvalue weighted by Gasteiger charge is -2.17. The van der Waals surface area contributed by atoms with E-state index in [2.05, 4.69) is 15.9 Å². The summed E-state index contributed by atoms with van der Waals surface area (Å²) in [6.45, 7) is 2.51. The van der Waals surface area contributed by atoms with Crippen LogP contribution in [0, 0.1) is 0 Å². The van der Waals surface area contributed by atoms with Gasteiger partial charge in [0.15, 0.2) is 0 Å². The molecule has 5 heteroatoms. The van der Waals surface area contributed by atoms with Crippen LogP contribution in [0.4, 0.5) is 0 Å². The third kappa shape index (κ3) is 3.62. The van der Waals surface area contributed by atoms with E-state index in [1.54, 1.807) is 12.1 Å². The number of benzene rings is 2. The van der Waals surface area contributed by atoms with Gasteiger partial charge in [0.1, 0.15) is 5.75 Å². The number of hydrogen-bond acceptors (Lipinski definition) is 1. The number of rotatable bonds is 4. The molecule has 0 aliphatic heterocycles. The van der Waals surface area contributed by atoms with Gasteiger partial charge < -0.3 is 4.74 Å². The van der Waals surface area contributed by atoms with Crippen LogP contribution in [0.15, 0.2) is 40.9 Å². The molecule has 0 aromatic heterocycles. The van der Waals surface area contributed by atoms with E-state index in [9.17, 15) is 0 Å². The normalized spacial score (nSPS) is 12.2. The van der Waals surface area contributed by atoms with Gasteiger partial charge >= 0.3 is 0 Å². The lowest BCUT2D eigenvalue weighted by atomic mass is 10.0. The van der Waals surface area contributed by atoms with Gasteiger partial charge in [0.2, 0.25) is 0 Å². The Balaban J connectivity index is 2.46. The third-order valence-electron chi connectivity index (χ3n) is 2.78. The highest BCUT2D eigenvalue weighted by Gasteiger charge is 2.19. The van der Waals surface area contributed by atoms with Crippen molar-refractivity contribution in [2.75, 3.05) is 6.61 Å². The van der Waals surface area contributed by atoms with E-state index in [-0.39, 0.29) is 0 Å². The first-order valence-corrected chi connectivity index (χ1v) is 8.02. The van der Waals surface area contributed by atoms with E-state index >= 15 is 0 Å². The average Bonchev–Trinajstić information content (AvgIpc) is 2.40. The Bertz CT molecular complexity index is 616. The van der Waals surface area contributed by atoms with Crippen LogP contribution in [0.1, 0.15) is 23.4 Å². The molecule has 20 heavy (non-hydrogen) atoms. The number of halogens is 4. The molecule has 0 N–H and O–H groups in total. The highest BCUT2D eigenvalue weighted by molar-refractivity contribution is 9.10. The Kier molecular flexibility index (Phi) is 5.62. The summed E-state index contributed by atoms with van der Waals surface area (Å²) < 4.78 is 6.56. The predicted octanol–water partition coefficient (Wildman–Crippen LogP) is 6.48. The Hall–Kier alpha value is -0.410. The molecule has 106 valence electrons. The van der Waals surface area contributed by atoms with Crippen molar-refractivity contribution < 1.29 is 4.74 Å². The van der Waals surface area contributed by atoms with Crippen molar-refractivity contribution in [3.05, 3.63) is 62.0 Å². The molecule has 1 atom stereocenters. The molecule has 0 bridgehead atoms. The fourth-order valence-electron chi connectivity index (χ4n) is 1.88. The Labute approximate surface area is 141 Å². The van der Waals surface area contributed by atoms with Crippen molar-refractivity contribution >= 4 is 50.7 Å². The summed E-state index contributed by atoms with van der Waals surface area (Å²) in [5.41, 5.74) is 1.67. The van der Waals surface area contributed by atoms with Crippen LogP contribution in [0.5, 0.6) is 5.75 Å². The minimum absolute atomic E-state index is 0.404. The zero-order valence-corrected chi connectivity index (χ0v) is 14.5. The standard InChI is InChI=1S/C15H12BrCl3O/c1-2-20-14-6-3-9(16)7-12(14)15(19)11-5-4-10(17)8-13(11)18/h3-8,15H,2H2,1H3. The third-order valence-corrected chi connectivity index (χ3v) is 4.31. The van der Waals surface area contributed by atoms with Crippen molar-refractivity contribution in [2.45, 2.75) is 12.3 Å². The fraction of sp³-hybridized carbons (Fsp3) is 0.200. The maximum absolute atomic E-state index is 6.57. The smallest absolute Gasteiger partial charge is 0.124 e. The molecule has 0 fully saturated rings. The largest absolute Gasteiger partial charge is 0.494 e. The van der Waals surface area contributed by atoms with Crippen LogP contribution in [0.2, 0.25) is 10.0 Å². The van der Waals surface area contributed by atoms with Crippen LogP contribution in [-0.2, 0) is 0 Å². The molecular weight excluding hydrogens is 382 g/mol. The number of ether oxygens (including phenoxy) is 1. The van der Waals surface area contributed by atoms with E-state index in [1.165, 1.54) is 0 Å². The van der Waals surface area contributed by atoms with Crippen LogP contribution >= 0.6 is 50.7 Å². The van der Waals surface area contributed by atoms with Gasteiger partial charge in [-0.2, -0.15) is 0 Å². The average molecular weight is 395 g/mol. The second-order valence-corrected chi connectivity index (χ2v) is 6.34. The zero-order valence-electron chi connectivity index (χ0n) is 10.7. The second-order valence-electron chi connectivity index (χ2n) is 4.14. The minimum atomic E-state index is -0.404. The van der Waals surface area contributed by atoms with Crippen molar-refractivity contribution in [2.24, 2.45) is 0 Å². The Morgan fingerprint density at radius 2 is 1.85 bits per heavy atom.